The number of aryl methyl sites for hydroxylation is 3. The first-order valence-corrected chi connectivity index (χ1v) is 10.8. The second-order valence-corrected chi connectivity index (χ2v) is 8.45. The molecule has 0 saturated carbocycles. The van der Waals surface area contributed by atoms with E-state index in [1.54, 1.807) is 41.7 Å². The summed E-state index contributed by atoms with van der Waals surface area (Å²) in [6, 6.07) is 12.0. The van der Waals surface area contributed by atoms with E-state index in [0.29, 0.717) is 30.1 Å². The highest BCUT2D eigenvalue weighted by Crippen LogP contribution is 2.40. The second kappa shape index (κ2) is 9.01. The molecule has 0 unspecified atom stereocenters. The zero-order chi connectivity index (χ0) is 22.8. The first kappa shape index (κ1) is 21.8. The predicted molar refractivity (Wildman–Crippen MR) is 123 cm³/mol. The summed E-state index contributed by atoms with van der Waals surface area (Å²) in [6.07, 6.45) is 5.90. The number of hydrogen-bond donors (Lipinski definition) is 1. The summed E-state index contributed by atoms with van der Waals surface area (Å²) in [7, 11) is 0. The van der Waals surface area contributed by atoms with Crippen LogP contribution in [0.5, 0.6) is 0 Å². The summed E-state index contributed by atoms with van der Waals surface area (Å²) in [5.74, 6) is -1.44. The van der Waals surface area contributed by atoms with Crippen molar-refractivity contribution < 1.29 is 14.7 Å². The van der Waals surface area contributed by atoms with Gasteiger partial charge >= 0.3 is 0 Å². The summed E-state index contributed by atoms with van der Waals surface area (Å²) in [5.41, 5.74) is 3.17. The molecule has 0 bridgehead atoms. The number of benzene rings is 2. The topological polar surface area (TPSA) is 75.4 Å². The van der Waals surface area contributed by atoms with E-state index in [9.17, 15) is 14.7 Å². The molecule has 4 rings (SSSR count). The average Bonchev–Trinajstić information content (AvgIpc) is 3.38. The maximum atomic E-state index is 13.1. The third-order valence-corrected chi connectivity index (χ3v) is 6.00. The number of aromatic nitrogens is 2. The minimum atomic E-state index is -0.685. The largest absolute Gasteiger partial charge is 0.507 e. The van der Waals surface area contributed by atoms with Crippen molar-refractivity contribution in [3.63, 3.8) is 0 Å². The van der Waals surface area contributed by atoms with Crippen LogP contribution in [-0.4, -0.2) is 37.8 Å². The molecule has 1 fully saturated rings. The van der Waals surface area contributed by atoms with Crippen LogP contribution < -0.4 is 0 Å². The number of likely N-dealkylation sites (tertiary alicyclic amines) is 1. The molecule has 164 valence electrons. The first-order chi connectivity index (χ1) is 15.4. The number of imidazole rings is 1. The Labute approximate surface area is 191 Å². The minimum Gasteiger partial charge on any atom is -0.507 e. The van der Waals surface area contributed by atoms with Crippen LogP contribution in [0.4, 0.5) is 0 Å². The summed E-state index contributed by atoms with van der Waals surface area (Å²) in [4.78, 5) is 31.7. The highest BCUT2D eigenvalue weighted by Gasteiger charge is 2.45. The fourth-order valence-corrected chi connectivity index (χ4v) is 4.21. The first-order valence-electron chi connectivity index (χ1n) is 10.4. The van der Waals surface area contributed by atoms with E-state index in [1.165, 1.54) is 0 Å². The molecule has 1 aromatic heterocycles. The Kier molecular flexibility index (Phi) is 6.15. The fraction of sp³-hybridized carbons (Fsp3) is 0.240. The highest BCUT2D eigenvalue weighted by molar-refractivity contribution is 6.46. The van der Waals surface area contributed by atoms with E-state index in [-0.39, 0.29) is 11.3 Å². The van der Waals surface area contributed by atoms with Crippen LogP contribution in [0.1, 0.15) is 34.7 Å². The average molecular weight is 450 g/mol. The van der Waals surface area contributed by atoms with Crippen LogP contribution in [0.25, 0.3) is 5.76 Å². The predicted octanol–water partition coefficient (Wildman–Crippen LogP) is 4.67. The molecule has 1 aliphatic rings. The SMILES string of the molecule is Cc1ccc(C)c(C(O)=C2C(=O)C(=O)N(CCCn3ccnc3)[C@@H]2c2ccc(Cl)cc2)c1. The lowest BCUT2D eigenvalue weighted by atomic mass is 9.93. The van der Waals surface area contributed by atoms with Crippen LogP contribution in [0, 0.1) is 13.8 Å². The van der Waals surface area contributed by atoms with Crippen LogP contribution in [0.3, 0.4) is 0 Å². The lowest BCUT2D eigenvalue weighted by molar-refractivity contribution is -0.139. The molecule has 2 heterocycles. The molecular formula is C25H24ClN3O3. The number of halogens is 1. The van der Waals surface area contributed by atoms with Gasteiger partial charge in [0.1, 0.15) is 5.76 Å². The van der Waals surface area contributed by atoms with Gasteiger partial charge in [0.05, 0.1) is 17.9 Å². The van der Waals surface area contributed by atoms with E-state index in [2.05, 4.69) is 4.98 Å². The fourth-order valence-electron chi connectivity index (χ4n) is 4.08. The summed E-state index contributed by atoms with van der Waals surface area (Å²) < 4.78 is 1.92. The van der Waals surface area contributed by atoms with Crippen LogP contribution in [0.2, 0.25) is 5.02 Å². The van der Waals surface area contributed by atoms with Crippen molar-refractivity contribution in [1.29, 1.82) is 0 Å². The van der Waals surface area contributed by atoms with Gasteiger partial charge in [0.15, 0.2) is 0 Å². The second-order valence-electron chi connectivity index (χ2n) is 8.02. The summed E-state index contributed by atoms with van der Waals surface area (Å²) >= 11 is 6.07. The zero-order valence-corrected chi connectivity index (χ0v) is 18.7. The van der Waals surface area contributed by atoms with Crippen LogP contribution in [0.15, 0.2) is 66.8 Å². The molecule has 2 aromatic carbocycles. The Morgan fingerprint density at radius 1 is 1.09 bits per heavy atom. The molecule has 32 heavy (non-hydrogen) atoms. The molecule has 6 nitrogen and oxygen atoms in total. The van der Waals surface area contributed by atoms with Crippen molar-refractivity contribution in [3.8, 4) is 0 Å². The molecule has 1 saturated heterocycles. The number of aliphatic hydroxyl groups is 1. The van der Waals surface area contributed by atoms with Gasteiger partial charge in [-0.1, -0.05) is 41.4 Å². The normalized spacial score (nSPS) is 17.8. The van der Waals surface area contributed by atoms with Gasteiger partial charge in [0.2, 0.25) is 0 Å². The number of rotatable bonds is 6. The molecular weight excluding hydrogens is 426 g/mol. The van der Waals surface area contributed by atoms with Crippen molar-refractivity contribution in [1.82, 2.24) is 14.5 Å². The van der Waals surface area contributed by atoms with Crippen molar-refractivity contribution >= 4 is 29.1 Å². The summed E-state index contributed by atoms with van der Waals surface area (Å²) in [6.45, 7) is 4.81. The number of amides is 1. The van der Waals surface area contributed by atoms with E-state index < -0.39 is 17.7 Å². The number of Topliss-reactive ketones (excluding diaryl/α,β-unsaturated/α-hetero) is 1. The zero-order valence-electron chi connectivity index (χ0n) is 18.0. The number of nitrogens with zero attached hydrogens (tertiary/aromatic N) is 3. The smallest absolute Gasteiger partial charge is 0.295 e. The van der Waals surface area contributed by atoms with Crippen molar-refractivity contribution in [2.24, 2.45) is 0 Å². The van der Waals surface area contributed by atoms with E-state index >= 15 is 0 Å². The maximum Gasteiger partial charge on any atom is 0.295 e. The molecule has 3 aromatic rings. The van der Waals surface area contributed by atoms with E-state index in [1.807, 2.05) is 42.8 Å². The molecule has 1 N–H and O–H groups in total. The van der Waals surface area contributed by atoms with Crippen LogP contribution in [-0.2, 0) is 16.1 Å². The Hall–Kier alpha value is -3.38. The molecule has 1 atom stereocenters. The van der Waals surface area contributed by atoms with E-state index in [4.69, 9.17) is 11.6 Å². The lowest BCUT2D eigenvalue weighted by Gasteiger charge is -2.25. The number of carbonyl (C=O) groups excluding carboxylic acids is 2. The maximum absolute atomic E-state index is 13.1. The van der Waals surface area contributed by atoms with E-state index in [0.717, 1.165) is 16.7 Å². The Bertz CT molecular complexity index is 1180. The minimum absolute atomic E-state index is 0.105. The number of hydrogen-bond acceptors (Lipinski definition) is 4. The molecule has 1 aliphatic heterocycles. The highest BCUT2D eigenvalue weighted by atomic mass is 35.5. The van der Waals surface area contributed by atoms with Gasteiger partial charge in [0, 0.05) is 36.1 Å². The van der Waals surface area contributed by atoms with Gasteiger partial charge in [0.25, 0.3) is 11.7 Å². The van der Waals surface area contributed by atoms with Gasteiger partial charge in [-0.15, -0.1) is 0 Å². The molecule has 7 heteroatoms. The molecule has 0 spiro atoms. The number of carbonyl (C=O) groups is 2. The monoisotopic (exact) mass is 449 g/mol. The van der Waals surface area contributed by atoms with Gasteiger partial charge < -0.3 is 14.6 Å². The Balaban J connectivity index is 1.76. The van der Waals surface area contributed by atoms with Crippen LogP contribution >= 0.6 is 11.6 Å². The molecule has 0 aliphatic carbocycles. The van der Waals surface area contributed by atoms with Crippen molar-refractivity contribution in [3.05, 3.63) is 94.0 Å². The van der Waals surface area contributed by atoms with Gasteiger partial charge in [-0.05, 0) is 49.6 Å². The Morgan fingerprint density at radius 3 is 2.53 bits per heavy atom. The lowest BCUT2D eigenvalue weighted by Crippen LogP contribution is -2.31. The molecule has 1 amide bonds. The molecule has 0 radical (unpaired) electrons. The third-order valence-electron chi connectivity index (χ3n) is 5.75. The van der Waals surface area contributed by atoms with Gasteiger partial charge in [-0.3, -0.25) is 9.59 Å². The standard InChI is InChI=1S/C25H24ClN3O3/c1-16-4-5-17(2)20(14-16)23(30)21-22(18-6-8-19(26)9-7-18)29(25(32)24(21)31)12-3-11-28-13-10-27-15-28/h4-10,13-15,22,30H,3,11-12H2,1-2H3/t22-/m1/s1. The number of aliphatic hydroxyl groups excluding tert-OH is 1. The van der Waals surface area contributed by atoms with Crippen molar-refractivity contribution in [2.45, 2.75) is 32.9 Å². The van der Waals surface area contributed by atoms with Gasteiger partial charge in [-0.2, -0.15) is 0 Å². The Morgan fingerprint density at radius 2 is 1.84 bits per heavy atom. The van der Waals surface area contributed by atoms with Crippen molar-refractivity contribution in [2.75, 3.05) is 6.54 Å². The summed E-state index contributed by atoms with van der Waals surface area (Å²) in [5, 5.41) is 11.8. The third kappa shape index (κ3) is 4.18. The van der Waals surface area contributed by atoms with Gasteiger partial charge in [-0.25, -0.2) is 4.98 Å². The quantitative estimate of drug-likeness (QED) is 0.337. The number of ketones is 1.